The molecule has 2 aliphatic carbocycles. The Morgan fingerprint density at radius 2 is 2.09 bits per heavy atom. The molecule has 0 amide bonds. The average Bonchev–Trinajstić information content (AvgIpc) is 2.31. The van der Waals surface area contributed by atoms with Gasteiger partial charge in [-0.1, -0.05) is 18.6 Å². The fourth-order valence-electron chi connectivity index (χ4n) is 3.43. The van der Waals surface area contributed by atoms with Gasteiger partial charge in [-0.2, -0.15) is 8.42 Å². The highest BCUT2D eigenvalue weighted by Gasteiger charge is 2.39. The summed E-state index contributed by atoms with van der Waals surface area (Å²) in [5.74, 6) is -5.85. The van der Waals surface area contributed by atoms with Gasteiger partial charge in [0, 0.05) is 0 Å². The molecule has 126 valence electrons. The molecule has 0 aromatic carbocycles. The minimum atomic E-state index is -4.82. The van der Waals surface area contributed by atoms with E-state index >= 15 is 0 Å². The highest BCUT2D eigenvalue weighted by atomic mass is 32.2. The van der Waals surface area contributed by atoms with Gasteiger partial charge in [-0.05, 0) is 37.5 Å². The number of rotatable bonds is 5. The maximum atomic E-state index is 13.3. The van der Waals surface area contributed by atoms with Crippen molar-refractivity contribution < 1.29 is 31.3 Å². The van der Waals surface area contributed by atoms with Crippen LogP contribution in [0.3, 0.4) is 0 Å². The topological polar surface area (TPSA) is 80.7 Å². The normalized spacial score (nSPS) is 28.9. The van der Waals surface area contributed by atoms with Crippen molar-refractivity contribution in [3.05, 3.63) is 11.6 Å². The number of carbonyl (C=O) groups excluding carboxylic acids is 1. The Balaban J connectivity index is 1.89. The van der Waals surface area contributed by atoms with Crippen LogP contribution in [-0.4, -0.2) is 37.2 Å². The molecule has 0 spiro atoms. The van der Waals surface area contributed by atoms with Crippen molar-refractivity contribution in [1.29, 1.82) is 0 Å². The molecule has 0 aromatic rings. The van der Waals surface area contributed by atoms with Crippen molar-refractivity contribution in [3.8, 4) is 0 Å². The van der Waals surface area contributed by atoms with Crippen LogP contribution in [-0.2, 0) is 19.6 Å². The molecular formula is C14H20F2O5S. The first-order valence-corrected chi connectivity index (χ1v) is 8.84. The summed E-state index contributed by atoms with van der Waals surface area (Å²) in [6.45, 7) is 0.781. The van der Waals surface area contributed by atoms with Crippen LogP contribution in [0, 0.1) is 17.8 Å². The minimum Gasteiger partial charge on any atom is -0.459 e. The largest absolute Gasteiger partial charge is 0.459 e. The van der Waals surface area contributed by atoms with Crippen molar-refractivity contribution in [3.63, 3.8) is 0 Å². The van der Waals surface area contributed by atoms with E-state index in [4.69, 9.17) is 4.55 Å². The van der Waals surface area contributed by atoms with Crippen LogP contribution < -0.4 is 0 Å². The second-order valence-corrected chi connectivity index (χ2v) is 7.89. The van der Waals surface area contributed by atoms with Gasteiger partial charge in [0.1, 0.15) is 5.75 Å². The lowest BCUT2D eigenvalue weighted by Gasteiger charge is -2.35. The molecular weight excluding hydrogens is 318 g/mol. The van der Waals surface area contributed by atoms with E-state index in [0.29, 0.717) is 24.7 Å². The number of fused-ring (bicyclic) bond motifs is 2. The van der Waals surface area contributed by atoms with Crippen molar-refractivity contribution in [2.75, 3.05) is 12.4 Å². The zero-order chi connectivity index (χ0) is 16.5. The Hall–Kier alpha value is -1.02. The molecule has 1 N–H and O–H groups in total. The van der Waals surface area contributed by atoms with E-state index in [0.717, 1.165) is 12.8 Å². The summed E-state index contributed by atoms with van der Waals surface area (Å²) in [5.41, 5.74) is 1.17. The fraction of sp³-hybridized carbons (Fsp3) is 0.786. The van der Waals surface area contributed by atoms with Crippen molar-refractivity contribution in [2.45, 2.75) is 38.5 Å². The predicted molar refractivity (Wildman–Crippen MR) is 75.0 cm³/mol. The number of esters is 1. The Kier molecular flexibility index (Phi) is 4.91. The van der Waals surface area contributed by atoms with Gasteiger partial charge in [0.15, 0.2) is 6.61 Å². The number of alkyl halides is 2. The third kappa shape index (κ3) is 5.01. The van der Waals surface area contributed by atoms with Crippen LogP contribution in [0.15, 0.2) is 11.6 Å². The first-order valence-electron chi connectivity index (χ1n) is 7.23. The van der Waals surface area contributed by atoms with Gasteiger partial charge in [-0.25, -0.2) is 8.78 Å². The Morgan fingerprint density at radius 3 is 2.68 bits per heavy atom. The Bertz CT molecular complexity index is 570. The standard InChI is InChI=1S/C14H20F2O5S/c1-9-2-10-4-11(3-9)6-12(5-10)13(17)21-7-14(15,16)8-22(18,19)20/h2,9,11-12H,3-8H2,1H3,(H,18,19,20). The Morgan fingerprint density at radius 1 is 1.41 bits per heavy atom. The molecule has 0 aliphatic heterocycles. The fourth-order valence-corrected chi connectivity index (χ4v) is 4.05. The molecule has 8 heteroatoms. The Labute approximate surface area is 128 Å². The number of hydrogen-bond acceptors (Lipinski definition) is 4. The quantitative estimate of drug-likeness (QED) is 0.473. The van der Waals surface area contributed by atoms with E-state index in [9.17, 15) is 22.0 Å². The van der Waals surface area contributed by atoms with Crippen LogP contribution in [0.1, 0.15) is 32.6 Å². The third-order valence-electron chi connectivity index (χ3n) is 4.06. The maximum absolute atomic E-state index is 13.3. The summed E-state index contributed by atoms with van der Waals surface area (Å²) >= 11 is 0. The number of allylic oxidation sites excluding steroid dienone is 2. The van der Waals surface area contributed by atoms with Gasteiger partial charge in [-0.15, -0.1) is 0 Å². The lowest BCUT2D eigenvalue weighted by atomic mass is 9.71. The first-order chi connectivity index (χ1) is 10.0. The van der Waals surface area contributed by atoms with Gasteiger partial charge >= 0.3 is 5.97 Å². The predicted octanol–water partition coefficient (Wildman–Crippen LogP) is 2.44. The number of halogens is 2. The van der Waals surface area contributed by atoms with Gasteiger partial charge in [0.25, 0.3) is 16.0 Å². The molecule has 0 heterocycles. The first kappa shape index (κ1) is 17.3. The molecule has 5 nitrogen and oxygen atoms in total. The van der Waals surface area contributed by atoms with Gasteiger partial charge in [0.2, 0.25) is 0 Å². The number of hydrogen-bond donors (Lipinski definition) is 1. The molecule has 0 saturated heterocycles. The van der Waals surface area contributed by atoms with Gasteiger partial charge < -0.3 is 4.74 Å². The number of carbonyl (C=O) groups is 1. The molecule has 1 saturated carbocycles. The summed E-state index contributed by atoms with van der Waals surface area (Å²) in [6, 6.07) is 0. The molecule has 3 unspecified atom stereocenters. The van der Waals surface area contributed by atoms with Crippen molar-refractivity contribution >= 4 is 16.1 Å². The van der Waals surface area contributed by atoms with Gasteiger partial charge in [0.05, 0.1) is 5.92 Å². The zero-order valence-electron chi connectivity index (χ0n) is 12.3. The lowest BCUT2D eigenvalue weighted by molar-refractivity contribution is -0.159. The highest BCUT2D eigenvalue weighted by molar-refractivity contribution is 7.85. The van der Waals surface area contributed by atoms with E-state index in [1.807, 2.05) is 0 Å². The van der Waals surface area contributed by atoms with Crippen molar-refractivity contribution in [2.24, 2.45) is 17.8 Å². The second-order valence-electron chi connectivity index (χ2n) is 6.43. The van der Waals surface area contributed by atoms with Gasteiger partial charge in [-0.3, -0.25) is 9.35 Å². The van der Waals surface area contributed by atoms with Crippen LogP contribution in [0.2, 0.25) is 0 Å². The number of ether oxygens (including phenoxy) is 1. The van der Waals surface area contributed by atoms with Crippen LogP contribution in [0.4, 0.5) is 8.78 Å². The van der Waals surface area contributed by atoms with Crippen LogP contribution >= 0.6 is 0 Å². The molecule has 2 aliphatic rings. The molecule has 2 rings (SSSR count). The third-order valence-corrected chi connectivity index (χ3v) is 4.84. The van der Waals surface area contributed by atoms with E-state index in [2.05, 4.69) is 17.7 Å². The molecule has 22 heavy (non-hydrogen) atoms. The molecule has 0 radical (unpaired) electrons. The van der Waals surface area contributed by atoms with Crippen molar-refractivity contribution in [1.82, 2.24) is 0 Å². The summed E-state index contributed by atoms with van der Waals surface area (Å²) in [6.07, 6.45) is 5.19. The average molecular weight is 338 g/mol. The molecule has 2 bridgehead atoms. The lowest BCUT2D eigenvalue weighted by Crippen LogP contribution is -2.36. The summed E-state index contributed by atoms with van der Waals surface area (Å²) < 4.78 is 60.6. The summed E-state index contributed by atoms with van der Waals surface area (Å²) in [7, 11) is -4.82. The van der Waals surface area contributed by atoms with E-state index in [-0.39, 0.29) is 0 Å². The summed E-state index contributed by atoms with van der Waals surface area (Å²) in [5, 5.41) is 0. The maximum Gasteiger partial charge on any atom is 0.309 e. The van der Waals surface area contributed by atoms with E-state index in [1.54, 1.807) is 0 Å². The minimum absolute atomic E-state index is 0.375. The van der Waals surface area contributed by atoms with E-state index in [1.165, 1.54) is 5.57 Å². The molecule has 1 fully saturated rings. The summed E-state index contributed by atoms with van der Waals surface area (Å²) in [4.78, 5) is 11.9. The SMILES string of the molecule is CC1C=C2CC(C1)CC(C(=O)OCC(F)(F)CS(=O)(=O)O)C2. The smallest absolute Gasteiger partial charge is 0.309 e. The second kappa shape index (κ2) is 6.23. The van der Waals surface area contributed by atoms with E-state index < -0.39 is 40.3 Å². The highest BCUT2D eigenvalue weighted by Crippen LogP contribution is 2.41. The monoisotopic (exact) mass is 338 g/mol. The molecule has 0 aromatic heterocycles. The van der Waals surface area contributed by atoms with Crippen LogP contribution in [0.5, 0.6) is 0 Å². The zero-order valence-corrected chi connectivity index (χ0v) is 13.1. The molecule has 3 atom stereocenters. The van der Waals surface area contributed by atoms with Crippen LogP contribution in [0.25, 0.3) is 0 Å².